The Bertz CT molecular complexity index is 899. The first-order valence-electron chi connectivity index (χ1n) is 7.78. The molecule has 3 aromatic rings. The van der Waals surface area contributed by atoms with Gasteiger partial charge in [-0.3, -0.25) is 4.79 Å². The molecule has 0 saturated heterocycles. The van der Waals surface area contributed by atoms with E-state index >= 15 is 0 Å². The minimum absolute atomic E-state index is 0.302. The van der Waals surface area contributed by atoms with Gasteiger partial charge >= 0.3 is 0 Å². The molecule has 0 aliphatic carbocycles. The van der Waals surface area contributed by atoms with E-state index in [1.54, 1.807) is 37.5 Å². The Morgan fingerprint density at radius 2 is 1.85 bits per heavy atom. The number of aromatic nitrogens is 3. The van der Waals surface area contributed by atoms with Crippen LogP contribution in [0, 0.1) is 0 Å². The highest BCUT2D eigenvalue weighted by Gasteiger charge is 2.16. The van der Waals surface area contributed by atoms with Gasteiger partial charge in [0.1, 0.15) is 17.9 Å². The van der Waals surface area contributed by atoms with Gasteiger partial charge in [0.25, 0.3) is 5.91 Å². The van der Waals surface area contributed by atoms with Crippen LogP contribution in [-0.2, 0) is 0 Å². The number of nitrogens with two attached hydrogens (primary N) is 1. The van der Waals surface area contributed by atoms with Crippen molar-refractivity contribution in [3.05, 3.63) is 60.8 Å². The summed E-state index contributed by atoms with van der Waals surface area (Å²) in [6.45, 7) is 0. The number of hydrogen-bond acceptors (Lipinski definition) is 7. The normalized spacial score (nSPS) is 10.2. The highest BCUT2D eigenvalue weighted by atomic mass is 16.5. The summed E-state index contributed by atoms with van der Waals surface area (Å²) in [5, 5.41) is 3.19. The fourth-order valence-corrected chi connectivity index (χ4v) is 2.41. The van der Waals surface area contributed by atoms with E-state index in [-0.39, 0.29) is 0 Å². The van der Waals surface area contributed by atoms with Crippen molar-refractivity contribution in [2.75, 3.05) is 24.4 Å². The van der Waals surface area contributed by atoms with Crippen LogP contribution in [0.3, 0.4) is 0 Å². The van der Waals surface area contributed by atoms with Gasteiger partial charge in [0.05, 0.1) is 36.4 Å². The van der Waals surface area contributed by atoms with Crippen LogP contribution in [0.5, 0.6) is 5.75 Å². The molecule has 132 valence electrons. The molecule has 8 heteroatoms. The van der Waals surface area contributed by atoms with Crippen molar-refractivity contribution in [3.8, 4) is 5.75 Å². The number of amides is 1. The van der Waals surface area contributed by atoms with Crippen LogP contribution in [0.15, 0.2) is 55.2 Å². The molecule has 0 aliphatic rings. The lowest BCUT2D eigenvalue weighted by Gasteiger charge is -2.21. The smallest absolute Gasteiger partial charge is 0.252 e. The third-order valence-electron chi connectivity index (χ3n) is 3.81. The molecule has 0 aliphatic heterocycles. The summed E-state index contributed by atoms with van der Waals surface area (Å²) < 4.78 is 5.15. The molecule has 0 radical (unpaired) electrons. The van der Waals surface area contributed by atoms with Crippen molar-refractivity contribution in [1.82, 2.24) is 15.0 Å². The van der Waals surface area contributed by atoms with E-state index in [0.29, 0.717) is 17.1 Å². The Hall–Kier alpha value is -3.68. The van der Waals surface area contributed by atoms with Gasteiger partial charge in [-0.1, -0.05) is 0 Å². The Balaban J connectivity index is 1.94. The van der Waals surface area contributed by atoms with Crippen LogP contribution < -0.4 is 20.7 Å². The number of benzene rings is 1. The fraction of sp³-hybridized carbons (Fsp3) is 0.111. The summed E-state index contributed by atoms with van der Waals surface area (Å²) in [5.41, 5.74) is 7.95. The number of rotatable bonds is 6. The Morgan fingerprint density at radius 1 is 1.15 bits per heavy atom. The number of carbonyl (C=O) groups is 1. The number of pyridine rings is 1. The van der Waals surface area contributed by atoms with Crippen LogP contribution >= 0.6 is 0 Å². The zero-order chi connectivity index (χ0) is 18.5. The SMILES string of the molecule is COc1ccc(Nc2cc(N(C)c3cncnc3)c(C(N)=O)cn2)cc1. The summed E-state index contributed by atoms with van der Waals surface area (Å²) >= 11 is 0. The number of ether oxygens (including phenoxy) is 1. The molecule has 8 nitrogen and oxygen atoms in total. The molecule has 3 rings (SSSR count). The lowest BCUT2D eigenvalue weighted by Crippen LogP contribution is -2.19. The minimum Gasteiger partial charge on any atom is -0.497 e. The van der Waals surface area contributed by atoms with Crippen LogP contribution in [0.1, 0.15) is 10.4 Å². The molecule has 0 atom stereocenters. The maximum atomic E-state index is 11.8. The average Bonchev–Trinajstić information content (AvgIpc) is 2.68. The molecule has 3 N–H and O–H groups in total. The van der Waals surface area contributed by atoms with Gasteiger partial charge < -0.3 is 20.7 Å². The van der Waals surface area contributed by atoms with E-state index in [2.05, 4.69) is 20.3 Å². The zero-order valence-electron chi connectivity index (χ0n) is 14.4. The topological polar surface area (TPSA) is 106 Å². The van der Waals surface area contributed by atoms with Gasteiger partial charge in [-0.05, 0) is 24.3 Å². The number of anilines is 4. The van der Waals surface area contributed by atoms with E-state index in [9.17, 15) is 4.79 Å². The molecule has 0 spiro atoms. The van der Waals surface area contributed by atoms with Crippen molar-refractivity contribution in [1.29, 1.82) is 0 Å². The van der Waals surface area contributed by atoms with Gasteiger partial charge in [0.2, 0.25) is 0 Å². The number of methoxy groups -OCH3 is 1. The maximum Gasteiger partial charge on any atom is 0.252 e. The van der Waals surface area contributed by atoms with Gasteiger partial charge in [0.15, 0.2) is 0 Å². The standard InChI is InChI=1S/C18H18N6O2/c1-24(13-8-20-11-21-9-13)16-7-17(22-10-15(16)18(19)25)23-12-3-5-14(26-2)6-4-12/h3-11H,1-2H3,(H2,19,25)(H,22,23). The predicted molar refractivity (Wildman–Crippen MR) is 99.1 cm³/mol. The fourth-order valence-electron chi connectivity index (χ4n) is 2.41. The first kappa shape index (κ1) is 17.2. The second-order valence-corrected chi connectivity index (χ2v) is 5.46. The third-order valence-corrected chi connectivity index (χ3v) is 3.81. The Labute approximate surface area is 150 Å². The van der Waals surface area contributed by atoms with Crippen molar-refractivity contribution in [2.45, 2.75) is 0 Å². The van der Waals surface area contributed by atoms with Gasteiger partial charge in [-0.25, -0.2) is 15.0 Å². The lowest BCUT2D eigenvalue weighted by atomic mass is 10.2. The lowest BCUT2D eigenvalue weighted by molar-refractivity contribution is 0.100. The molecule has 1 amide bonds. The van der Waals surface area contributed by atoms with E-state index in [1.165, 1.54) is 12.5 Å². The molecule has 1 aromatic carbocycles. The second-order valence-electron chi connectivity index (χ2n) is 5.46. The van der Waals surface area contributed by atoms with Gasteiger partial charge in [-0.2, -0.15) is 0 Å². The first-order chi connectivity index (χ1) is 12.6. The van der Waals surface area contributed by atoms with E-state index in [1.807, 2.05) is 24.3 Å². The molecule has 0 bridgehead atoms. The van der Waals surface area contributed by atoms with Gasteiger partial charge in [0, 0.05) is 25.0 Å². The molecular weight excluding hydrogens is 332 g/mol. The molecule has 2 heterocycles. The van der Waals surface area contributed by atoms with E-state index in [4.69, 9.17) is 10.5 Å². The first-order valence-corrected chi connectivity index (χ1v) is 7.78. The molecular formula is C18H18N6O2. The summed E-state index contributed by atoms with van der Waals surface area (Å²) in [7, 11) is 3.42. The largest absolute Gasteiger partial charge is 0.497 e. The van der Waals surface area contributed by atoms with Crippen molar-refractivity contribution >= 4 is 28.8 Å². The monoisotopic (exact) mass is 350 g/mol. The Kier molecular flexibility index (Phi) is 4.93. The van der Waals surface area contributed by atoms with E-state index < -0.39 is 5.91 Å². The summed E-state index contributed by atoms with van der Waals surface area (Å²) in [4.78, 5) is 25.8. The number of hydrogen-bond donors (Lipinski definition) is 2. The van der Waals surface area contributed by atoms with Crippen molar-refractivity contribution in [3.63, 3.8) is 0 Å². The van der Waals surface area contributed by atoms with Crippen LogP contribution in [-0.4, -0.2) is 35.0 Å². The third kappa shape index (κ3) is 3.69. The molecule has 0 unspecified atom stereocenters. The molecule has 2 aromatic heterocycles. The molecule has 26 heavy (non-hydrogen) atoms. The van der Waals surface area contributed by atoms with Crippen LogP contribution in [0.2, 0.25) is 0 Å². The number of primary amides is 1. The number of nitrogens with zero attached hydrogens (tertiary/aromatic N) is 4. The maximum absolute atomic E-state index is 11.8. The summed E-state index contributed by atoms with van der Waals surface area (Å²) in [5.74, 6) is 0.767. The average molecular weight is 350 g/mol. The van der Waals surface area contributed by atoms with Crippen molar-refractivity contribution < 1.29 is 9.53 Å². The minimum atomic E-state index is -0.563. The quantitative estimate of drug-likeness (QED) is 0.703. The molecule has 0 fully saturated rings. The summed E-state index contributed by atoms with van der Waals surface area (Å²) in [6, 6.07) is 9.17. The summed E-state index contributed by atoms with van der Waals surface area (Å²) in [6.07, 6.45) is 6.18. The highest BCUT2D eigenvalue weighted by molar-refractivity contribution is 5.99. The van der Waals surface area contributed by atoms with Crippen LogP contribution in [0.4, 0.5) is 22.9 Å². The highest BCUT2D eigenvalue weighted by Crippen LogP contribution is 2.29. The Morgan fingerprint density at radius 3 is 2.46 bits per heavy atom. The van der Waals surface area contributed by atoms with Gasteiger partial charge in [-0.15, -0.1) is 0 Å². The molecule has 0 saturated carbocycles. The number of carbonyl (C=O) groups excluding carboxylic acids is 1. The van der Waals surface area contributed by atoms with Crippen molar-refractivity contribution in [2.24, 2.45) is 5.73 Å². The van der Waals surface area contributed by atoms with Crippen LogP contribution in [0.25, 0.3) is 0 Å². The zero-order valence-corrected chi connectivity index (χ0v) is 14.4. The number of nitrogens with one attached hydrogen (secondary N) is 1. The van der Waals surface area contributed by atoms with E-state index in [0.717, 1.165) is 17.1 Å². The predicted octanol–water partition coefficient (Wildman–Crippen LogP) is 2.49. The second kappa shape index (κ2) is 7.47.